The van der Waals surface area contributed by atoms with E-state index in [1.165, 1.54) is 6.26 Å². The van der Waals surface area contributed by atoms with Gasteiger partial charge in [0, 0.05) is 5.92 Å². The van der Waals surface area contributed by atoms with Gasteiger partial charge < -0.3 is 9.47 Å². The molecule has 0 aromatic heterocycles. The highest BCUT2D eigenvalue weighted by Gasteiger charge is 2.75. The number of allylic oxidation sites excluding steroid dienone is 2. The number of carbonyl (C=O) groups excluding carboxylic acids is 1. The summed E-state index contributed by atoms with van der Waals surface area (Å²) in [5.41, 5.74) is -1.64. The van der Waals surface area contributed by atoms with Crippen molar-refractivity contribution in [1.82, 2.24) is 0 Å². The fourth-order valence-corrected chi connectivity index (χ4v) is 4.21. The minimum absolute atomic E-state index is 0.0513. The lowest BCUT2D eigenvalue weighted by atomic mass is 9.88. The van der Waals surface area contributed by atoms with E-state index in [0.29, 0.717) is 17.1 Å². The summed E-state index contributed by atoms with van der Waals surface area (Å²) in [4.78, 5) is 12.7. The van der Waals surface area contributed by atoms with E-state index in [0.717, 1.165) is 6.08 Å². The molecule has 0 aliphatic heterocycles. The molecular weight excluding hydrogens is 431 g/mol. The number of carbonyl (C=O) groups is 1. The number of para-hydroxylation sites is 1. The summed E-state index contributed by atoms with van der Waals surface area (Å²) in [6.45, 7) is 3.30. The fraction of sp³-hybridized carbons (Fsp3) is 0.304. The molecule has 1 aliphatic rings. The normalized spacial score (nSPS) is 22.4. The van der Waals surface area contributed by atoms with Gasteiger partial charge in [-0.1, -0.05) is 61.9 Å². The summed E-state index contributed by atoms with van der Waals surface area (Å²) >= 11 is 5.45. The summed E-state index contributed by atoms with van der Waals surface area (Å²) in [7, 11) is 0. The van der Waals surface area contributed by atoms with Crippen molar-refractivity contribution in [3.05, 3.63) is 71.3 Å². The molecule has 8 heteroatoms. The van der Waals surface area contributed by atoms with Crippen molar-refractivity contribution < 1.29 is 27.4 Å². The van der Waals surface area contributed by atoms with Gasteiger partial charge in [0.05, 0.1) is 5.41 Å². The topological polar surface area (TPSA) is 59.3 Å². The lowest BCUT2D eigenvalue weighted by Crippen LogP contribution is -2.26. The molecule has 0 heterocycles. The van der Waals surface area contributed by atoms with Crippen LogP contribution in [-0.2, 0) is 16.0 Å². The van der Waals surface area contributed by atoms with Gasteiger partial charge in [0.2, 0.25) is 0 Å². The smallest absolute Gasteiger partial charge is 0.426 e. The molecule has 0 unspecified atom stereocenters. The van der Waals surface area contributed by atoms with Crippen LogP contribution in [0.2, 0.25) is 0 Å². The van der Waals surface area contributed by atoms with Crippen molar-refractivity contribution in [3.63, 3.8) is 0 Å². The molecule has 1 saturated carbocycles. The first-order chi connectivity index (χ1) is 14.5. The summed E-state index contributed by atoms with van der Waals surface area (Å²) in [5, 5.41) is 7.53. The van der Waals surface area contributed by atoms with Gasteiger partial charge in [-0.05, 0) is 41.7 Å². The Balaban J connectivity index is 1.94. The number of ether oxygens (including phenoxy) is 2. The van der Waals surface area contributed by atoms with Crippen LogP contribution in [0.5, 0.6) is 11.5 Å². The summed E-state index contributed by atoms with van der Waals surface area (Å²) in [6.07, 6.45) is -2.50. The maximum Gasteiger partial charge on any atom is 0.426 e. The first-order valence-electron chi connectivity index (χ1n) is 9.39. The molecule has 31 heavy (non-hydrogen) atoms. The predicted molar refractivity (Wildman–Crippen MR) is 108 cm³/mol. The Morgan fingerprint density at radius 2 is 1.81 bits per heavy atom. The van der Waals surface area contributed by atoms with E-state index in [4.69, 9.17) is 21.6 Å². The number of rotatable bonds is 6. The van der Waals surface area contributed by atoms with E-state index in [-0.39, 0.29) is 6.42 Å². The molecule has 3 rings (SSSR count). The number of hydrogen-bond acceptors (Lipinski definition) is 4. The maximum absolute atomic E-state index is 13.0. The average Bonchev–Trinajstić information content (AvgIpc) is 3.16. The second-order valence-corrected chi connectivity index (χ2v) is 8.31. The number of alkyl halides is 3. The zero-order valence-electron chi connectivity index (χ0n) is 16.7. The molecule has 0 saturated heterocycles. The standard InChI is InChI=1S/C23H19ClF3NO3/c1-21(2)18(12-19(24)23(25,26)27)22(21,20(29)30-14-28)13-15-7-6-10-17(11-15)31-16-8-4-3-5-9-16/h3-12,18H,13H2,1-2H3/b19-12-/t18-,22+/m1/s1. The Morgan fingerprint density at radius 1 is 1.16 bits per heavy atom. The van der Waals surface area contributed by atoms with E-state index in [1.807, 2.05) is 18.2 Å². The molecule has 2 atom stereocenters. The highest BCUT2D eigenvalue weighted by molar-refractivity contribution is 6.30. The lowest BCUT2D eigenvalue weighted by Gasteiger charge is -2.17. The average molecular weight is 450 g/mol. The second-order valence-electron chi connectivity index (χ2n) is 7.90. The van der Waals surface area contributed by atoms with Crippen LogP contribution >= 0.6 is 11.6 Å². The van der Waals surface area contributed by atoms with Crippen molar-refractivity contribution in [3.8, 4) is 17.8 Å². The molecule has 162 valence electrons. The Kier molecular flexibility index (Phi) is 6.06. The van der Waals surface area contributed by atoms with Crippen LogP contribution in [0, 0.1) is 28.3 Å². The quantitative estimate of drug-likeness (QED) is 0.379. The van der Waals surface area contributed by atoms with Gasteiger partial charge in [-0.2, -0.15) is 13.2 Å². The molecule has 0 bridgehead atoms. The first-order valence-corrected chi connectivity index (χ1v) is 9.77. The van der Waals surface area contributed by atoms with Crippen LogP contribution in [0.15, 0.2) is 65.7 Å². The van der Waals surface area contributed by atoms with Crippen molar-refractivity contribution in [2.24, 2.45) is 16.7 Å². The summed E-state index contributed by atoms with van der Waals surface area (Å²) < 4.78 is 49.4. The maximum atomic E-state index is 13.0. The Hall–Kier alpha value is -2.98. The number of benzene rings is 2. The second kappa shape index (κ2) is 8.27. The number of nitrogens with zero attached hydrogens (tertiary/aromatic N) is 1. The fourth-order valence-electron chi connectivity index (χ4n) is 4.08. The van der Waals surface area contributed by atoms with Crippen molar-refractivity contribution in [1.29, 1.82) is 5.26 Å². The SMILES string of the molecule is CC1(C)[C@@H](/C=C(\Cl)C(F)(F)F)[C@@]1(Cc1cccc(Oc2ccccc2)c1)C(=O)OC#N. The number of esters is 1. The molecule has 4 nitrogen and oxygen atoms in total. The van der Waals surface area contributed by atoms with Crippen LogP contribution < -0.4 is 4.74 Å². The Bertz CT molecular complexity index is 1040. The van der Waals surface area contributed by atoms with Crippen molar-refractivity contribution >= 4 is 17.6 Å². The van der Waals surface area contributed by atoms with Crippen molar-refractivity contribution in [2.45, 2.75) is 26.4 Å². The third-order valence-corrected chi connectivity index (χ3v) is 6.16. The molecule has 0 radical (unpaired) electrons. The Labute approximate surface area is 182 Å². The predicted octanol–water partition coefficient (Wildman–Crippen LogP) is 6.37. The molecule has 1 aliphatic carbocycles. The van der Waals surface area contributed by atoms with Crippen molar-refractivity contribution in [2.75, 3.05) is 0 Å². The van der Waals surface area contributed by atoms with E-state index in [9.17, 15) is 18.0 Å². The molecular formula is C23H19ClF3NO3. The van der Waals surface area contributed by atoms with Gasteiger partial charge in [0.25, 0.3) is 6.26 Å². The molecule has 2 aromatic carbocycles. The van der Waals surface area contributed by atoms with Crippen LogP contribution in [0.3, 0.4) is 0 Å². The highest BCUT2D eigenvalue weighted by atomic mass is 35.5. The van der Waals surface area contributed by atoms with Gasteiger partial charge in [0.15, 0.2) is 0 Å². The van der Waals surface area contributed by atoms with E-state index < -0.39 is 33.9 Å². The first kappa shape index (κ1) is 22.7. The zero-order chi connectivity index (χ0) is 22.9. The van der Waals surface area contributed by atoms with Gasteiger partial charge >= 0.3 is 12.1 Å². The minimum Gasteiger partial charge on any atom is -0.457 e. The highest BCUT2D eigenvalue weighted by Crippen LogP contribution is 2.72. The number of hydrogen-bond donors (Lipinski definition) is 0. The van der Waals surface area contributed by atoms with E-state index in [2.05, 4.69) is 4.74 Å². The molecule has 0 N–H and O–H groups in total. The molecule has 0 amide bonds. The van der Waals surface area contributed by atoms with Gasteiger partial charge in [-0.3, -0.25) is 4.79 Å². The summed E-state index contributed by atoms with van der Waals surface area (Å²) in [6, 6.07) is 15.9. The molecule has 2 aromatic rings. The van der Waals surface area contributed by atoms with Gasteiger partial charge in [-0.25, -0.2) is 0 Å². The number of nitriles is 1. The lowest BCUT2D eigenvalue weighted by molar-refractivity contribution is -0.145. The van der Waals surface area contributed by atoms with Gasteiger partial charge in [0.1, 0.15) is 16.5 Å². The number of halogens is 4. The van der Waals surface area contributed by atoms with Gasteiger partial charge in [-0.15, -0.1) is 5.26 Å². The third-order valence-electron chi connectivity index (χ3n) is 5.82. The minimum atomic E-state index is -4.73. The van der Waals surface area contributed by atoms with E-state index >= 15 is 0 Å². The monoisotopic (exact) mass is 449 g/mol. The van der Waals surface area contributed by atoms with E-state index in [1.54, 1.807) is 50.2 Å². The summed E-state index contributed by atoms with van der Waals surface area (Å²) in [5.74, 6) is -0.634. The molecule has 1 fully saturated rings. The largest absolute Gasteiger partial charge is 0.457 e. The van der Waals surface area contributed by atoms with Crippen LogP contribution in [0.25, 0.3) is 0 Å². The van der Waals surface area contributed by atoms with Crippen LogP contribution in [-0.4, -0.2) is 12.1 Å². The zero-order valence-corrected chi connectivity index (χ0v) is 17.5. The third kappa shape index (κ3) is 4.40. The van der Waals surface area contributed by atoms with Crippen LogP contribution in [0.4, 0.5) is 13.2 Å². The van der Waals surface area contributed by atoms with Crippen LogP contribution in [0.1, 0.15) is 19.4 Å². The Morgan fingerprint density at radius 3 is 2.42 bits per heavy atom. The molecule has 0 spiro atoms.